The van der Waals surface area contributed by atoms with Crippen LogP contribution in [0.15, 0.2) is 30.5 Å². The number of halogens is 1. The lowest BCUT2D eigenvalue weighted by Crippen LogP contribution is -2.29. The molecule has 2 aromatic rings. The molecule has 2 aromatic heterocycles. The molecule has 0 radical (unpaired) electrons. The highest BCUT2D eigenvalue weighted by atomic mass is 19.1. The van der Waals surface area contributed by atoms with Crippen LogP contribution in [-0.4, -0.2) is 41.1 Å². The number of likely N-dealkylation sites (N-methyl/N-ethyl adjacent to an activating group) is 1. The van der Waals surface area contributed by atoms with Crippen molar-refractivity contribution >= 4 is 11.9 Å². The van der Waals surface area contributed by atoms with Crippen molar-refractivity contribution in [2.75, 3.05) is 25.1 Å². The minimum Gasteiger partial charge on any atom is -0.465 e. The monoisotopic (exact) mass is 290 g/mol. The lowest BCUT2D eigenvalue weighted by Gasteiger charge is -2.16. The van der Waals surface area contributed by atoms with Gasteiger partial charge in [-0.25, -0.2) is 4.98 Å². The van der Waals surface area contributed by atoms with E-state index in [1.54, 1.807) is 38.4 Å². The zero-order valence-electron chi connectivity index (χ0n) is 11.8. The summed E-state index contributed by atoms with van der Waals surface area (Å²) in [7, 11) is 1.59. The van der Waals surface area contributed by atoms with Crippen LogP contribution in [0.2, 0.25) is 0 Å². The Balaban J connectivity index is 2.25. The normalized spacial score (nSPS) is 10.2. The largest absolute Gasteiger partial charge is 0.465 e. The molecule has 2 rings (SSSR count). The predicted octanol–water partition coefficient (Wildman–Crippen LogP) is 1.68. The van der Waals surface area contributed by atoms with Crippen molar-refractivity contribution in [3.05, 3.63) is 36.4 Å². The third kappa shape index (κ3) is 3.95. The molecule has 0 aliphatic rings. The second-order valence-electron chi connectivity index (χ2n) is 4.25. The van der Waals surface area contributed by atoms with Crippen LogP contribution in [0, 0.1) is 5.95 Å². The molecule has 0 bridgehead atoms. The van der Waals surface area contributed by atoms with E-state index >= 15 is 0 Å². The maximum absolute atomic E-state index is 13.6. The smallest absolute Gasteiger partial charge is 0.325 e. The number of esters is 1. The number of hydrogen-bond donors (Lipinski definition) is 0. The van der Waals surface area contributed by atoms with Crippen LogP contribution in [0.4, 0.5) is 10.3 Å². The van der Waals surface area contributed by atoms with E-state index in [9.17, 15) is 9.18 Å². The molecule has 0 fully saturated rings. The van der Waals surface area contributed by atoms with Crippen molar-refractivity contribution in [3.8, 4) is 11.4 Å². The van der Waals surface area contributed by atoms with Gasteiger partial charge < -0.3 is 9.64 Å². The second-order valence-corrected chi connectivity index (χ2v) is 4.25. The molecule has 0 atom stereocenters. The Hall–Kier alpha value is -2.57. The van der Waals surface area contributed by atoms with Crippen LogP contribution < -0.4 is 4.90 Å². The SMILES string of the molecule is CCOC(=O)CN(C)c1nc(F)cc(-c2ccccn2)n1. The molecule has 7 heteroatoms. The summed E-state index contributed by atoms with van der Waals surface area (Å²) in [6.45, 7) is 1.95. The van der Waals surface area contributed by atoms with Crippen molar-refractivity contribution in [2.45, 2.75) is 6.92 Å². The minimum absolute atomic E-state index is 0.0566. The number of aromatic nitrogens is 3. The van der Waals surface area contributed by atoms with Gasteiger partial charge in [-0.05, 0) is 19.1 Å². The van der Waals surface area contributed by atoms with E-state index < -0.39 is 11.9 Å². The highest BCUT2D eigenvalue weighted by Crippen LogP contribution is 2.17. The third-order valence-corrected chi connectivity index (χ3v) is 2.62. The van der Waals surface area contributed by atoms with Gasteiger partial charge in [0.1, 0.15) is 6.54 Å². The average molecular weight is 290 g/mol. The summed E-state index contributed by atoms with van der Waals surface area (Å²) in [5.74, 6) is -1.01. The van der Waals surface area contributed by atoms with Crippen LogP contribution >= 0.6 is 0 Å². The molecular formula is C14H15FN4O2. The van der Waals surface area contributed by atoms with Crippen LogP contribution in [0.1, 0.15) is 6.92 Å². The Labute approximate surface area is 121 Å². The topological polar surface area (TPSA) is 68.2 Å². The lowest BCUT2D eigenvalue weighted by atomic mass is 10.2. The average Bonchev–Trinajstić information content (AvgIpc) is 2.47. The van der Waals surface area contributed by atoms with Gasteiger partial charge in [-0.1, -0.05) is 6.07 Å². The summed E-state index contributed by atoms with van der Waals surface area (Å²) >= 11 is 0. The van der Waals surface area contributed by atoms with Crippen LogP contribution in [0.5, 0.6) is 0 Å². The zero-order valence-corrected chi connectivity index (χ0v) is 11.8. The molecule has 0 saturated carbocycles. The maximum atomic E-state index is 13.6. The number of carbonyl (C=O) groups is 1. The number of nitrogens with zero attached hydrogens (tertiary/aromatic N) is 4. The van der Waals surface area contributed by atoms with E-state index in [1.165, 1.54) is 11.0 Å². The third-order valence-electron chi connectivity index (χ3n) is 2.62. The summed E-state index contributed by atoms with van der Waals surface area (Å²) in [5, 5.41) is 0. The van der Waals surface area contributed by atoms with E-state index in [0.717, 1.165) is 0 Å². The Morgan fingerprint density at radius 2 is 2.14 bits per heavy atom. The first kappa shape index (κ1) is 14.8. The molecule has 0 spiro atoms. The van der Waals surface area contributed by atoms with Crippen LogP contribution in [0.25, 0.3) is 11.4 Å². The predicted molar refractivity (Wildman–Crippen MR) is 75.1 cm³/mol. The summed E-state index contributed by atoms with van der Waals surface area (Å²) in [6.07, 6.45) is 1.59. The Kier molecular flexibility index (Phi) is 4.76. The van der Waals surface area contributed by atoms with Gasteiger partial charge in [0.15, 0.2) is 0 Å². The molecule has 0 aliphatic heterocycles. The van der Waals surface area contributed by atoms with Gasteiger partial charge in [0.25, 0.3) is 0 Å². The molecule has 0 aromatic carbocycles. The molecule has 0 aliphatic carbocycles. The van der Waals surface area contributed by atoms with E-state index in [1.807, 2.05) is 0 Å². The highest BCUT2D eigenvalue weighted by Gasteiger charge is 2.14. The Morgan fingerprint density at radius 3 is 2.81 bits per heavy atom. The number of carbonyl (C=O) groups excluding carboxylic acids is 1. The van der Waals surface area contributed by atoms with Crippen molar-refractivity contribution < 1.29 is 13.9 Å². The Morgan fingerprint density at radius 1 is 1.33 bits per heavy atom. The molecule has 110 valence electrons. The maximum Gasteiger partial charge on any atom is 0.325 e. The highest BCUT2D eigenvalue weighted by molar-refractivity contribution is 5.74. The van der Waals surface area contributed by atoms with Crippen molar-refractivity contribution in [2.24, 2.45) is 0 Å². The summed E-state index contributed by atoms with van der Waals surface area (Å²) in [6, 6.07) is 6.46. The van der Waals surface area contributed by atoms with Gasteiger partial charge in [-0.3, -0.25) is 9.78 Å². The number of anilines is 1. The molecule has 21 heavy (non-hydrogen) atoms. The van der Waals surface area contributed by atoms with E-state index in [2.05, 4.69) is 15.0 Å². The van der Waals surface area contributed by atoms with Gasteiger partial charge in [-0.15, -0.1) is 0 Å². The van der Waals surface area contributed by atoms with Crippen LogP contribution in [0.3, 0.4) is 0 Å². The minimum atomic E-state index is -0.684. The fourth-order valence-corrected chi connectivity index (χ4v) is 1.69. The van der Waals surface area contributed by atoms with Gasteiger partial charge in [0, 0.05) is 19.3 Å². The Bertz CT molecular complexity index is 622. The summed E-state index contributed by atoms with van der Waals surface area (Å²) in [5.41, 5.74) is 0.887. The first-order chi connectivity index (χ1) is 10.1. The van der Waals surface area contributed by atoms with Crippen molar-refractivity contribution in [1.82, 2.24) is 15.0 Å². The molecule has 0 amide bonds. The molecule has 0 unspecified atom stereocenters. The van der Waals surface area contributed by atoms with Gasteiger partial charge >= 0.3 is 5.97 Å². The first-order valence-corrected chi connectivity index (χ1v) is 6.43. The van der Waals surface area contributed by atoms with Gasteiger partial charge in [0.05, 0.1) is 18.0 Å². The van der Waals surface area contributed by atoms with Crippen LogP contribution in [-0.2, 0) is 9.53 Å². The number of hydrogen-bond acceptors (Lipinski definition) is 6. The number of pyridine rings is 1. The van der Waals surface area contributed by atoms with E-state index in [0.29, 0.717) is 11.4 Å². The molecule has 0 N–H and O–H groups in total. The second kappa shape index (κ2) is 6.74. The number of rotatable bonds is 5. The molecular weight excluding hydrogens is 275 g/mol. The standard InChI is InChI=1S/C14H15FN4O2/c1-3-21-13(20)9-19(2)14-17-11(8-12(15)18-14)10-6-4-5-7-16-10/h4-8H,3,9H2,1-2H3. The summed E-state index contributed by atoms with van der Waals surface area (Å²) in [4.78, 5) is 24.9. The van der Waals surface area contributed by atoms with Gasteiger partial charge in [-0.2, -0.15) is 9.37 Å². The fraction of sp³-hybridized carbons (Fsp3) is 0.286. The number of ether oxygens (including phenoxy) is 1. The molecule has 6 nitrogen and oxygen atoms in total. The lowest BCUT2D eigenvalue weighted by molar-refractivity contribution is -0.141. The molecule has 2 heterocycles. The zero-order chi connectivity index (χ0) is 15.2. The van der Waals surface area contributed by atoms with E-state index in [-0.39, 0.29) is 19.1 Å². The van der Waals surface area contributed by atoms with E-state index in [4.69, 9.17) is 4.74 Å². The van der Waals surface area contributed by atoms with Crippen molar-refractivity contribution in [1.29, 1.82) is 0 Å². The fourth-order valence-electron chi connectivity index (χ4n) is 1.69. The quantitative estimate of drug-likeness (QED) is 0.616. The first-order valence-electron chi connectivity index (χ1n) is 6.43. The summed E-state index contributed by atoms with van der Waals surface area (Å²) < 4.78 is 18.5. The van der Waals surface area contributed by atoms with Gasteiger partial charge in [0.2, 0.25) is 11.9 Å². The molecule has 0 saturated heterocycles. The van der Waals surface area contributed by atoms with Crippen molar-refractivity contribution in [3.63, 3.8) is 0 Å².